The summed E-state index contributed by atoms with van der Waals surface area (Å²) >= 11 is 1.48. The number of anilines is 2. The second-order valence-corrected chi connectivity index (χ2v) is 5.48. The molecule has 0 bridgehead atoms. The number of hydrogen-bond donors (Lipinski definition) is 7. The normalized spacial score (nSPS) is 17.0. The summed E-state index contributed by atoms with van der Waals surface area (Å²) < 4.78 is 0. The van der Waals surface area contributed by atoms with Crippen LogP contribution in [0, 0.1) is 0 Å². The molecule has 1 rings (SSSR count). The van der Waals surface area contributed by atoms with Crippen molar-refractivity contribution in [3.05, 3.63) is 18.2 Å². The van der Waals surface area contributed by atoms with Gasteiger partial charge in [-0.3, -0.25) is 0 Å². The van der Waals surface area contributed by atoms with Crippen molar-refractivity contribution >= 4 is 23.1 Å². The Morgan fingerprint density at radius 3 is 2.33 bits per heavy atom. The highest BCUT2D eigenvalue weighted by molar-refractivity contribution is 7.98. The van der Waals surface area contributed by atoms with Gasteiger partial charge in [0.2, 0.25) is 0 Å². The fourth-order valence-corrected chi connectivity index (χ4v) is 2.28. The first-order valence-electron chi connectivity index (χ1n) is 6.41. The quantitative estimate of drug-likeness (QED) is 0.235. The van der Waals surface area contributed by atoms with Crippen LogP contribution >= 0.6 is 11.8 Å². The molecule has 0 aliphatic heterocycles. The minimum atomic E-state index is -1.63. The molecule has 21 heavy (non-hydrogen) atoms. The highest BCUT2D eigenvalue weighted by Gasteiger charge is 2.29. The van der Waals surface area contributed by atoms with Gasteiger partial charge in [-0.2, -0.15) is 0 Å². The monoisotopic (exact) mass is 318 g/mol. The predicted molar refractivity (Wildman–Crippen MR) is 82.2 cm³/mol. The molecule has 120 valence electrons. The van der Waals surface area contributed by atoms with E-state index in [1.807, 2.05) is 6.26 Å². The van der Waals surface area contributed by atoms with E-state index in [9.17, 15) is 20.4 Å². The SMILES string of the molecule is CSc1cc(NCC(O)C(O)C(O)C(O)CO)ccc1N. The van der Waals surface area contributed by atoms with Gasteiger partial charge >= 0.3 is 0 Å². The molecule has 0 aliphatic carbocycles. The van der Waals surface area contributed by atoms with Crippen LogP contribution < -0.4 is 11.1 Å². The zero-order valence-electron chi connectivity index (χ0n) is 11.7. The lowest BCUT2D eigenvalue weighted by Gasteiger charge is -2.26. The maximum Gasteiger partial charge on any atom is 0.111 e. The van der Waals surface area contributed by atoms with Gasteiger partial charge in [0, 0.05) is 22.8 Å². The minimum absolute atomic E-state index is 0.0336. The van der Waals surface area contributed by atoms with Crippen LogP contribution in [0.4, 0.5) is 11.4 Å². The molecule has 1 aromatic carbocycles. The lowest BCUT2D eigenvalue weighted by molar-refractivity contribution is -0.111. The van der Waals surface area contributed by atoms with E-state index in [2.05, 4.69) is 5.32 Å². The summed E-state index contributed by atoms with van der Waals surface area (Å²) in [4.78, 5) is 0.880. The van der Waals surface area contributed by atoms with Crippen LogP contribution in [0.5, 0.6) is 0 Å². The van der Waals surface area contributed by atoms with E-state index in [4.69, 9.17) is 10.8 Å². The Hall–Kier alpha value is -1.03. The number of benzene rings is 1. The van der Waals surface area contributed by atoms with E-state index >= 15 is 0 Å². The number of nitrogens with one attached hydrogen (secondary N) is 1. The summed E-state index contributed by atoms with van der Waals surface area (Å²) in [7, 11) is 0. The summed E-state index contributed by atoms with van der Waals surface area (Å²) in [5, 5.41) is 49.8. The van der Waals surface area contributed by atoms with Crippen LogP contribution in [0.1, 0.15) is 0 Å². The van der Waals surface area contributed by atoms with Crippen molar-refractivity contribution in [2.75, 3.05) is 30.5 Å². The van der Waals surface area contributed by atoms with Gasteiger partial charge in [0.25, 0.3) is 0 Å². The molecule has 4 unspecified atom stereocenters. The first-order valence-corrected chi connectivity index (χ1v) is 7.63. The van der Waals surface area contributed by atoms with E-state index in [-0.39, 0.29) is 6.54 Å². The summed E-state index contributed by atoms with van der Waals surface area (Å²) in [5.74, 6) is 0. The molecule has 8 heteroatoms. The average molecular weight is 318 g/mol. The zero-order chi connectivity index (χ0) is 16.0. The second kappa shape index (κ2) is 8.42. The summed E-state index contributed by atoms with van der Waals surface area (Å²) in [6, 6.07) is 5.26. The van der Waals surface area contributed by atoms with Crippen molar-refractivity contribution in [2.45, 2.75) is 29.3 Å². The number of aliphatic hydroxyl groups excluding tert-OH is 5. The lowest BCUT2D eigenvalue weighted by Crippen LogP contribution is -2.48. The Morgan fingerprint density at radius 1 is 1.14 bits per heavy atom. The number of nitrogens with two attached hydrogens (primary N) is 1. The molecule has 1 aromatic rings. The van der Waals surface area contributed by atoms with Gasteiger partial charge in [0.15, 0.2) is 0 Å². The molecular formula is C13H22N2O5S. The first-order chi connectivity index (χ1) is 9.90. The molecule has 0 aliphatic rings. The Morgan fingerprint density at radius 2 is 1.76 bits per heavy atom. The third-order valence-corrected chi connectivity index (χ3v) is 3.87. The third-order valence-electron chi connectivity index (χ3n) is 3.07. The van der Waals surface area contributed by atoms with E-state index in [1.54, 1.807) is 18.2 Å². The summed E-state index contributed by atoms with van der Waals surface area (Å²) in [6.45, 7) is -0.735. The standard InChI is InChI=1S/C13H22N2O5S/c1-21-11-4-7(2-3-8(11)14)15-5-9(17)12(19)13(20)10(18)6-16/h2-4,9-10,12-13,15-20H,5-6,14H2,1H3. The molecule has 0 amide bonds. The van der Waals surface area contributed by atoms with Crippen LogP contribution in [0.25, 0.3) is 0 Å². The van der Waals surface area contributed by atoms with Crippen LogP contribution in [-0.4, -0.2) is 69.4 Å². The number of rotatable bonds is 8. The highest BCUT2D eigenvalue weighted by Crippen LogP contribution is 2.26. The van der Waals surface area contributed by atoms with Gasteiger partial charge in [-0.1, -0.05) is 0 Å². The molecule has 0 heterocycles. The van der Waals surface area contributed by atoms with Crippen molar-refractivity contribution in [1.29, 1.82) is 0 Å². The van der Waals surface area contributed by atoms with Gasteiger partial charge in [-0.25, -0.2) is 0 Å². The molecule has 7 nitrogen and oxygen atoms in total. The van der Waals surface area contributed by atoms with Crippen molar-refractivity contribution in [3.8, 4) is 0 Å². The Bertz CT molecular complexity index is 449. The first kappa shape index (κ1) is 18.0. The number of aliphatic hydroxyl groups is 5. The Balaban J connectivity index is 2.58. The minimum Gasteiger partial charge on any atom is -0.398 e. The largest absolute Gasteiger partial charge is 0.398 e. The van der Waals surface area contributed by atoms with E-state index in [0.29, 0.717) is 11.4 Å². The maximum absolute atomic E-state index is 9.78. The van der Waals surface area contributed by atoms with Crippen LogP contribution in [0.15, 0.2) is 23.1 Å². The van der Waals surface area contributed by atoms with Gasteiger partial charge in [-0.15, -0.1) is 11.8 Å². The molecule has 4 atom stereocenters. The van der Waals surface area contributed by atoms with E-state index < -0.39 is 31.0 Å². The van der Waals surface area contributed by atoms with Gasteiger partial charge in [-0.05, 0) is 24.5 Å². The third kappa shape index (κ3) is 5.03. The molecular weight excluding hydrogens is 296 g/mol. The van der Waals surface area contributed by atoms with Crippen molar-refractivity contribution < 1.29 is 25.5 Å². The predicted octanol–water partition coefficient (Wildman–Crippen LogP) is -1.16. The van der Waals surface area contributed by atoms with Crippen molar-refractivity contribution in [1.82, 2.24) is 0 Å². The van der Waals surface area contributed by atoms with Crippen LogP contribution in [-0.2, 0) is 0 Å². The number of thioether (sulfide) groups is 1. The second-order valence-electron chi connectivity index (χ2n) is 4.64. The molecule has 0 fully saturated rings. The number of hydrogen-bond acceptors (Lipinski definition) is 8. The summed E-state index contributed by atoms with van der Waals surface area (Å²) in [5.41, 5.74) is 7.12. The van der Waals surface area contributed by atoms with Gasteiger partial charge < -0.3 is 36.6 Å². The molecule has 0 spiro atoms. The zero-order valence-corrected chi connectivity index (χ0v) is 12.5. The molecule has 0 radical (unpaired) electrons. The summed E-state index contributed by atoms with van der Waals surface area (Å²) in [6.07, 6.45) is -4.13. The highest BCUT2D eigenvalue weighted by atomic mass is 32.2. The fraction of sp³-hybridized carbons (Fsp3) is 0.538. The maximum atomic E-state index is 9.78. The molecule has 0 saturated heterocycles. The van der Waals surface area contributed by atoms with Gasteiger partial charge in [0.05, 0.1) is 12.7 Å². The Labute approximate surface area is 127 Å². The van der Waals surface area contributed by atoms with Crippen LogP contribution in [0.2, 0.25) is 0 Å². The smallest absolute Gasteiger partial charge is 0.111 e. The topological polar surface area (TPSA) is 139 Å². The molecule has 8 N–H and O–H groups in total. The molecule has 0 saturated carbocycles. The Kier molecular flexibility index (Phi) is 7.23. The van der Waals surface area contributed by atoms with Crippen molar-refractivity contribution in [3.63, 3.8) is 0 Å². The fourth-order valence-electron chi connectivity index (χ4n) is 1.73. The van der Waals surface area contributed by atoms with Crippen molar-refractivity contribution in [2.24, 2.45) is 0 Å². The number of nitrogen functional groups attached to an aromatic ring is 1. The van der Waals surface area contributed by atoms with E-state index in [1.165, 1.54) is 11.8 Å². The van der Waals surface area contributed by atoms with Gasteiger partial charge in [0.1, 0.15) is 18.3 Å². The lowest BCUT2D eigenvalue weighted by atomic mass is 10.0. The molecule has 0 aromatic heterocycles. The van der Waals surface area contributed by atoms with Crippen LogP contribution in [0.3, 0.4) is 0 Å². The average Bonchev–Trinajstić information content (AvgIpc) is 2.51. The van der Waals surface area contributed by atoms with E-state index in [0.717, 1.165) is 4.90 Å².